The van der Waals surface area contributed by atoms with Crippen molar-refractivity contribution in [1.82, 2.24) is 25.2 Å². The highest BCUT2D eigenvalue weighted by molar-refractivity contribution is 5.81. The molecule has 1 aromatic carbocycles. The van der Waals surface area contributed by atoms with Crippen LogP contribution in [-0.4, -0.2) is 33.2 Å². The van der Waals surface area contributed by atoms with Gasteiger partial charge in [-0.25, -0.2) is 4.79 Å². The number of amides is 2. The van der Waals surface area contributed by atoms with Gasteiger partial charge < -0.3 is 15.2 Å². The van der Waals surface area contributed by atoms with Crippen LogP contribution in [0.4, 0.5) is 4.79 Å². The van der Waals surface area contributed by atoms with Crippen molar-refractivity contribution in [2.24, 2.45) is 0 Å². The molecule has 0 saturated carbocycles. The van der Waals surface area contributed by atoms with Crippen LogP contribution in [-0.2, 0) is 13.0 Å². The van der Waals surface area contributed by atoms with Gasteiger partial charge in [0.2, 0.25) is 0 Å². The number of benzene rings is 1. The summed E-state index contributed by atoms with van der Waals surface area (Å²) in [7, 11) is 0. The molecule has 0 saturated heterocycles. The van der Waals surface area contributed by atoms with Crippen molar-refractivity contribution in [2.45, 2.75) is 39.3 Å². The van der Waals surface area contributed by atoms with Crippen LogP contribution in [0.3, 0.4) is 0 Å². The van der Waals surface area contributed by atoms with Gasteiger partial charge >= 0.3 is 6.03 Å². The second-order valence-electron chi connectivity index (χ2n) is 6.55. The molecule has 0 aliphatic rings. The van der Waals surface area contributed by atoms with Gasteiger partial charge in [-0.1, -0.05) is 18.2 Å². The average molecular weight is 351 g/mol. The molecule has 2 amide bonds. The molecule has 1 atom stereocenters. The van der Waals surface area contributed by atoms with Crippen LogP contribution in [0.15, 0.2) is 48.9 Å². The van der Waals surface area contributed by atoms with E-state index in [4.69, 9.17) is 0 Å². The van der Waals surface area contributed by atoms with Gasteiger partial charge in [-0.15, -0.1) is 0 Å². The van der Waals surface area contributed by atoms with Crippen LogP contribution in [0.2, 0.25) is 0 Å². The number of hydrogen-bond donors (Lipinski definition) is 2. The fourth-order valence-electron chi connectivity index (χ4n) is 3.16. The van der Waals surface area contributed by atoms with Gasteiger partial charge in [0.25, 0.3) is 0 Å². The summed E-state index contributed by atoms with van der Waals surface area (Å²) in [5, 5.41) is 7.13. The van der Waals surface area contributed by atoms with Gasteiger partial charge in [-0.3, -0.25) is 9.97 Å². The number of carbonyl (C=O) groups is 1. The van der Waals surface area contributed by atoms with Gasteiger partial charge in [-0.2, -0.15) is 0 Å². The third kappa shape index (κ3) is 4.59. The summed E-state index contributed by atoms with van der Waals surface area (Å²) in [6.07, 6.45) is 6.57. The Bertz CT molecular complexity index is 859. The zero-order chi connectivity index (χ0) is 18.4. The highest BCUT2D eigenvalue weighted by Crippen LogP contribution is 2.19. The molecule has 0 radical (unpaired) electrons. The summed E-state index contributed by atoms with van der Waals surface area (Å²) in [6.45, 7) is 5.60. The monoisotopic (exact) mass is 351 g/mol. The van der Waals surface area contributed by atoms with Crippen molar-refractivity contribution in [1.29, 1.82) is 0 Å². The molecule has 26 heavy (non-hydrogen) atoms. The van der Waals surface area contributed by atoms with Crippen molar-refractivity contribution in [3.05, 3.63) is 60.3 Å². The van der Waals surface area contributed by atoms with Crippen LogP contribution in [0.5, 0.6) is 0 Å². The standard InChI is InChI=1S/C20H25N5O/c1-15(12-18-14-21-9-10-22-18)24-20(26)23-8-5-11-25-16(2)13-17-6-3-4-7-19(17)25/h3-4,6-7,9-10,13-15H,5,8,11-12H2,1-2H3,(H2,23,24,26). The Hall–Kier alpha value is -2.89. The van der Waals surface area contributed by atoms with E-state index >= 15 is 0 Å². The Morgan fingerprint density at radius 1 is 1.27 bits per heavy atom. The zero-order valence-corrected chi connectivity index (χ0v) is 15.3. The molecule has 1 unspecified atom stereocenters. The first-order chi connectivity index (χ1) is 12.6. The van der Waals surface area contributed by atoms with E-state index in [0.717, 1.165) is 18.7 Å². The Kier molecular flexibility index (Phi) is 5.84. The van der Waals surface area contributed by atoms with E-state index in [1.165, 1.54) is 16.6 Å². The number of nitrogens with one attached hydrogen (secondary N) is 2. The zero-order valence-electron chi connectivity index (χ0n) is 15.3. The first-order valence-electron chi connectivity index (χ1n) is 8.97. The number of carbonyl (C=O) groups excluding carboxylic acids is 1. The molecular weight excluding hydrogens is 326 g/mol. The highest BCUT2D eigenvalue weighted by Gasteiger charge is 2.09. The average Bonchev–Trinajstić information content (AvgIpc) is 2.95. The lowest BCUT2D eigenvalue weighted by Crippen LogP contribution is -2.42. The molecule has 136 valence electrons. The van der Waals surface area contributed by atoms with Crippen molar-refractivity contribution in [3.63, 3.8) is 0 Å². The Labute approximate surface area is 153 Å². The molecule has 0 spiro atoms. The number of hydrogen-bond acceptors (Lipinski definition) is 3. The topological polar surface area (TPSA) is 71.8 Å². The van der Waals surface area contributed by atoms with Gasteiger partial charge in [-0.05, 0) is 37.8 Å². The number of rotatable bonds is 7. The summed E-state index contributed by atoms with van der Waals surface area (Å²) in [4.78, 5) is 20.3. The lowest BCUT2D eigenvalue weighted by Gasteiger charge is -2.14. The van der Waals surface area contributed by atoms with Crippen LogP contribution in [0.25, 0.3) is 10.9 Å². The molecule has 3 aromatic rings. The third-order valence-electron chi connectivity index (χ3n) is 4.37. The van der Waals surface area contributed by atoms with Crippen LogP contribution in [0.1, 0.15) is 24.7 Å². The molecule has 0 aliphatic heterocycles. The van der Waals surface area contributed by atoms with Crippen molar-refractivity contribution < 1.29 is 4.79 Å². The van der Waals surface area contributed by atoms with Crippen LogP contribution in [0, 0.1) is 6.92 Å². The fraction of sp³-hybridized carbons (Fsp3) is 0.350. The summed E-state index contributed by atoms with van der Waals surface area (Å²) in [6, 6.07) is 10.4. The van der Waals surface area contributed by atoms with Crippen molar-refractivity contribution in [3.8, 4) is 0 Å². The molecule has 2 N–H and O–H groups in total. The molecule has 0 bridgehead atoms. The number of urea groups is 1. The molecule has 0 fully saturated rings. The largest absolute Gasteiger partial charge is 0.345 e. The molecule has 6 heteroatoms. The summed E-state index contributed by atoms with van der Waals surface area (Å²) in [5.74, 6) is 0. The summed E-state index contributed by atoms with van der Waals surface area (Å²) >= 11 is 0. The van der Waals surface area contributed by atoms with E-state index in [9.17, 15) is 4.79 Å². The van der Waals surface area contributed by atoms with Gasteiger partial charge in [0, 0.05) is 55.4 Å². The number of para-hydroxylation sites is 1. The predicted molar refractivity (Wildman–Crippen MR) is 103 cm³/mol. The lowest BCUT2D eigenvalue weighted by atomic mass is 10.2. The highest BCUT2D eigenvalue weighted by atomic mass is 16.2. The SMILES string of the molecule is Cc1cc2ccccc2n1CCCNC(=O)NC(C)Cc1cnccn1. The van der Waals surface area contributed by atoms with Crippen LogP contribution >= 0.6 is 0 Å². The maximum absolute atomic E-state index is 12.0. The lowest BCUT2D eigenvalue weighted by molar-refractivity contribution is 0.237. The fourth-order valence-corrected chi connectivity index (χ4v) is 3.16. The summed E-state index contributed by atoms with van der Waals surface area (Å²) < 4.78 is 2.30. The first-order valence-corrected chi connectivity index (χ1v) is 8.97. The Balaban J connectivity index is 1.41. The number of aromatic nitrogens is 3. The molecule has 6 nitrogen and oxygen atoms in total. The minimum absolute atomic E-state index is 0.00216. The van der Waals surface area contributed by atoms with Crippen LogP contribution < -0.4 is 10.6 Å². The van der Waals surface area contributed by atoms with Gasteiger partial charge in [0.1, 0.15) is 0 Å². The minimum Gasteiger partial charge on any atom is -0.345 e. The molecule has 3 rings (SSSR count). The molecular formula is C20H25N5O. The van der Waals surface area contributed by atoms with E-state index in [0.29, 0.717) is 13.0 Å². The predicted octanol–water partition coefficient (Wildman–Crippen LogP) is 3.06. The normalized spacial score (nSPS) is 12.1. The van der Waals surface area contributed by atoms with E-state index in [1.54, 1.807) is 18.6 Å². The maximum atomic E-state index is 12.0. The second-order valence-corrected chi connectivity index (χ2v) is 6.55. The second kappa shape index (κ2) is 8.47. The smallest absolute Gasteiger partial charge is 0.315 e. The van der Waals surface area contributed by atoms with E-state index in [1.807, 2.05) is 6.92 Å². The van der Waals surface area contributed by atoms with E-state index < -0.39 is 0 Å². The van der Waals surface area contributed by atoms with E-state index in [-0.39, 0.29) is 12.1 Å². The summed E-state index contributed by atoms with van der Waals surface area (Å²) in [5.41, 5.74) is 3.36. The number of aryl methyl sites for hydroxylation is 2. The Morgan fingerprint density at radius 2 is 2.12 bits per heavy atom. The molecule has 2 aromatic heterocycles. The van der Waals surface area contributed by atoms with Gasteiger partial charge in [0.05, 0.1) is 5.69 Å². The first kappa shape index (κ1) is 17.9. The number of fused-ring (bicyclic) bond motifs is 1. The van der Waals surface area contributed by atoms with Crippen molar-refractivity contribution >= 4 is 16.9 Å². The third-order valence-corrected chi connectivity index (χ3v) is 4.37. The van der Waals surface area contributed by atoms with Crippen molar-refractivity contribution in [2.75, 3.05) is 6.54 Å². The van der Waals surface area contributed by atoms with E-state index in [2.05, 4.69) is 62.4 Å². The quantitative estimate of drug-likeness (QED) is 0.643. The van der Waals surface area contributed by atoms with Gasteiger partial charge in [0.15, 0.2) is 0 Å². The molecule has 2 heterocycles. The Morgan fingerprint density at radius 3 is 2.92 bits per heavy atom. The number of nitrogens with zero attached hydrogens (tertiary/aromatic N) is 3. The molecule has 0 aliphatic carbocycles. The maximum Gasteiger partial charge on any atom is 0.315 e. The minimum atomic E-state index is -0.143.